The van der Waals surface area contributed by atoms with Crippen molar-refractivity contribution in [2.24, 2.45) is 5.73 Å². The lowest BCUT2D eigenvalue weighted by Crippen LogP contribution is -2.29. The van der Waals surface area contributed by atoms with E-state index in [1.165, 1.54) is 81.5 Å². The lowest BCUT2D eigenvalue weighted by molar-refractivity contribution is -0.151. The zero-order valence-corrected chi connectivity index (χ0v) is 76.8. The van der Waals surface area contributed by atoms with Gasteiger partial charge in [0.25, 0.3) is 11.7 Å². The normalized spacial score (nSPS) is 11.3. The molecule has 15 aromatic rings. The molecule has 0 spiro atoms. The predicted molar refractivity (Wildman–Crippen MR) is 508 cm³/mol. The smallest absolute Gasteiger partial charge is 0.347 e. The van der Waals surface area contributed by atoms with Crippen LogP contribution in [0.4, 0.5) is 0 Å². The number of benzene rings is 10. The van der Waals surface area contributed by atoms with Gasteiger partial charge in [-0.2, -0.15) is 0 Å². The molecule has 0 radical (unpaired) electrons. The first-order valence-corrected chi connectivity index (χ1v) is 42.6. The van der Waals surface area contributed by atoms with Crippen molar-refractivity contribution in [2.45, 2.75) is 123 Å². The number of phenols is 2. The molecule has 0 saturated heterocycles. The van der Waals surface area contributed by atoms with Gasteiger partial charge in [-0.3, -0.25) is 28.8 Å². The summed E-state index contributed by atoms with van der Waals surface area (Å²) in [6.07, 6.45) is -1.25. The number of nitrogens with zero attached hydrogens (tertiary/aromatic N) is 4. The third kappa shape index (κ3) is 26.9. The molecule has 0 aliphatic rings. The standard InChI is InChI=1S/C25H26N2O7.C23H25NO5.C23H21NO.C16H15NO.C9H9NO.C7H11BrO4.ClH/c1-15-21(23(29)24(26)30)22-17(27(15)14-16-8-5-4-6-9-16)10-7-11-18(22)34-19(25(31)33-3)12-13-20(28)32-2;1-16-14-18-19(24(16)15-17-8-5-4-6-9-17)10-7-11-20(18)29-21(23(26)28-3)12-13-22(25)27-2;1-18-15-21-22(24(18)16-19-9-4-2-5-10-19)13-8-14-23(21)25-17-20-11-6-3-7-12-20;1-12-10-14-15(8-5-9-16(14)18)17(12)11-13-6-3-2-4-7-13;1-6-5-7-8(10-6)3-2-4-9(7)11;1-11-6(9)4-3-5(8)7(10)12-2;/h4-11,19H,12-14H2,1-3H3,(H2,26,30);4-11,14,21H,12-13,15H2,1-3H3;2-15H,16-17H2,1H3;2-10,18H,11H2,1H3;2-5,10-11H,1H3;5H,3-4H2,1-2H3;1H. The number of aryl methyl sites for hydroxylation is 4. The highest BCUT2D eigenvalue weighted by atomic mass is 79.9. The number of amides is 1. The molecule has 5 N–H and O–H groups in total. The molecule has 0 aliphatic heterocycles. The number of halogens is 2. The summed E-state index contributed by atoms with van der Waals surface area (Å²) in [6.45, 7) is 13.4. The van der Waals surface area contributed by atoms with Gasteiger partial charge in [0, 0.05) is 114 Å². The van der Waals surface area contributed by atoms with Gasteiger partial charge in [-0.05, 0) is 154 Å². The first kappa shape index (κ1) is 99.4. The topological polar surface area (TPSA) is 322 Å². The Balaban J connectivity index is 0.000000182. The minimum atomic E-state index is -1.14. The zero-order valence-electron chi connectivity index (χ0n) is 74.4. The van der Waals surface area contributed by atoms with Gasteiger partial charge in [-0.1, -0.05) is 198 Å². The summed E-state index contributed by atoms with van der Waals surface area (Å²) < 4.78 is 54.6. The highest BCUT2D eigenvalue weighted by Crippen LogP contribution is 2.38. The summed E-state index contributed by atoms with van der Waals surface area (Å²) in [4.78, 5) is 96.4. The van der Waals surface area contributed by atoms with E-state index in [0.29, 0.717) is 53.4 Å². The fourth-order valence-corrected chi connectivity index (χ4v) is 15.0. The first-order chi connectivity index (χ1) is 62.3. The van der Waals surface area contributed by atoms with Crippen LogP contribution >= 0.6 is 28.3 Å². The Morgan fingerprint density at radius 2 is 0.731 bits per heavy atom. The van der Waals surface area contributed by atoms with Crippen molar-refractivity contribution in [3.05, 3.63) is 329 Å². The van der Waals surface area contributed by atoms with E-state index in [1.807, 2.05) is 164 Å². The number of fused-ring (bicyclic) bond motifs is 5. The van der Waals surface area contributed by atoms with E-state index in [9.17, 15) is 48.6 Å². The van der Waals surface area contributed by atoms with Crippen LogP contribution in [0.15, 0.2) is 267 Å². The summed E-state index contributed by atoms with van der Waals surface area (Å²) in [5.74, 6) is -2.39. The molecule has 0 bridgehead atoms. The number of Topliss-reactive ketones (excluding diaryl/α,β-unsaturated/α-hetero) is 1. The molecule has 3 unspecified atom stereocenters. The largest absolute Gasteiger partial charge is 0.507 e. The molecule has 25 nitrogen and oxygen atoms in total. The van der Waals surface area contributed by atoms with E-state index in [-0.39, 0.29) is 67.8 Å². The van der Waals surface area contributed by atoms with Crippen LogP contribution in [0.5, 0.6) is 28.7 Å². The number of alkyl halides is 1. The molecule has 10 aromatic carbocycles. The Bertz CT molecular complexity index is 6310. The number of carbonyl (C=O) groups is 8. The fourth-order valence-electron chi connectivity index (χ4n) is 14.6. The molecule has 5 aromatic heterocycles. The van der Waals surface area contributed by atoms with E-state index < -0.39 is 52.6 Å². The number of hydrogen-bond donors (Lipinski definition) is 4. The number of nitrogens with two attached hydrogens (primary N) is 1. The Morgan fingerprint density at radius 3 is 1.15 bits per heavy atom. The van der Waals surface area contributed by atoms with E-state index in [0.717, 1.165) is 80.7 Å². The van der Waals surface area contributed by atoms with Gasteiger partial charge in [0.1, 0.15) is 40.2 Å². The van der Waals surface area contributed by atoms with Crippen LogP contribution in [0.25, 0.3) is 54.5 Å². The summed E-state index contributed by atoms with van der Waals surface area (Å²) in [7, 11) is 7.68. The Kier molecular flexibility index (Phi) is 37.5. The van der Waals surface area contributed by atoms with Crippen molar-refractivity contribution < 1.29 is 91.2 Å². The lowest BCUT2D eigenvalue weighted by Gasteiger charge is -2.17. The van der Waals surface area contributed by atoms with Crippen molar-refractivity contribution in [1.29, 1.82) is 0 Å². The van der Waals surface area contributed by atoms with Gasteiger partial charge in [0.2, 0.25) is 0 Å². The number of aromatic nitrogens is 5. The number of aromatic amines is 1. The molecule has 0 fully saturated rings. The third-order valence-electron chi connectivity index (χ3n) is 21.3. The number of hydrogen-bond acceptors (Lipinski definition) is 19. The van der Waals surface area contributed by atoms with Crippen LogP contribution in [0, 0.1) is 34.6 Å². The highest BCUT2D eigenvalue weighted by molar-refractivity contribution is 9.10. The molecular weight excluding hydrogens is 1740 g/mol. The van der Waals surface area contributed by atoms with Gasteiger partial charge in [0.05, 0.1) is 75.7 Å². The van der Waals surface area contributed by atoms with Crippen molar-refractivity contribution in [3.63, 3.8) is 0 Å². The van der Waals surface area contributed by atoms with Crippen LogP contribution in [-0.2, 0) is 94.8 Å². The van der Waals surface area contributed by atoms with Crippen LogP contribution < -0.4 is 19.9 Å². The second-order valence-electron chi connectivity index (χ2n) is 30.1. The zero-order chi connectivity index (χ0) is 92.6. The maximum atomic E-state index is 12.8. The van der Waals surface area contributed by atoms with Crippen molar-refractivity contribution >= 4 is 130 Å². The summed E-state index contributed by atoms with van der Waals surface area (Å²) in [5.41, 5.74) is 21.4. The summed E-state index contributed by atoms with van der Waals surface area (Å²) in [5, 5.41) is 23.5. The number of rotatable bonds is 29. The maximum Gasteiger partial charge on any atom is 0.347 e. The number of aromatic hydroxyl groups is 2. The van der Waals surface area contributed by atoms with Gasteiger partial charge in [-0.25, -0.2) is 9.59 Å². The molecular formula is C103H108BrClN6O19. The predicted octanol–water partition coefficient (Wildman–Crippen LogP) is 19.2. The number of H-pyrrole nitrogens is 1. The maximum absolute atomic E-state index is 12.8. The SMILES string of the molecule is COC(=O)CCC(Br)C(=O)OC.COC(=O)CCC(Oc1cccc2c1c(C(=O)C(N)=O)c(C)n2Cc1ccccc1)C(=O)OC.COC(=O)CCC(Oc1cccc2c1cc(C)n2Cc1ccccc1)C(=O)OC.Cc1cc2c(O)cccc2[nH]1.Cc1cc2c(O)cccc2n1Cc1ccccc1.Cc1cc2c(OCc3ccccc3)cccc2n1Cc1ccccc1.Cl. The van der Waals surface area contributed by atoms with E-state index in [4.69, 9.17) is 29.4 Å². The van der Waals surface area contributed by atoms with Gasteiger partial charge in [0.15, 0.2) is 12.2 Å². The third-order valence-corrected chi connectivity index (χ3v) is 22.1. The number of primary amides is 1. The average Bonchev–Trinajstić information content (AvgIpc) is 1.59. The van der Waals surface area contributed by atoms with Crippen molar-refractivity contribution in [3.8, 4) is 28.7 Å². The Labute approximate surface area is 769 Å². The number of esters is 6. The molecule has 130 heavy (non-hydrogen) atoms. The Morgan fingerprint density at radius 1 is 0.377 bits per heavy atom. The van der Waals surface area contributed by atoms with Crippen LogP contribution in [0.2, 0.25) is 0 Å². The highest BCUT2D eigenvalue weighted by Gasteiger charge is 2.31. The van der Waals surface area contributed by atoms with Gasteiger partial charge >= 0.3 is 35.8 Å². The molecule has 678 valence electrons. The molecule has 5 heterocycles. The van der Waals surface area contributed by atoms with Crippen LogP contribution in [-0.4, -0.2) is 141 Å². The number of nitrogens with one attached hydrogen (secondary N) is 1. The summed E-state index contributed by atoms with van der Waals surface area (Å²) >= 11 is 3.08. The molecule has 0 saturated carbocycles. The van der Waals surface area contributed by atoms with Gasteiger partial charge in [-0.15, -0.1) is 12.4 Å². The van der Waals surface area contributed by atoms with Crippen molar-refractivity contribution in [1.82, 2.24) is 23.3 Å². The molecule has 0 aliphatic carbocycles. The quantitative estimate of drug-likeness (QED) is 0.0111. The lowest BCUT2D eigenvalue weighted by atomic mass is 10.1. The second-order valence-corrected chi connectivity index (χ2v) is 31.2. The number of ketones is 1. The van der Waals surface area contributed by atoms with E-state index >= 15 is 0 Å². The first-order valence-electron chi connectivity index (χ1n) is 41.7. The van der Waals surface area contributed by atoms with Crippen LogP contribution in [0.3, 0.4) is 0 Å². The molecule has 1 amide bonds. The number of phenolic OH excluding ortho intramolecular Hbond substituents is 2. The van der Waals surface area contributed by atoms with Gasteiger partial charge < -0.3 is 81.8 Å². The summed E-state index contributed by atoms with van der Waals surface area (Å²) in [6, 6.07) is 87.5. The number of carbonyl (C=O) groups excluding carboxylic acids is 8. The minimum Gasteiger partial charge on any atom is -0.507 e. The second kappa shape index (κ2) is 49.1. The number of ether oxygens (including phenoxy) is 9. The molecule has 3 atom stereocenters. The average molecular weight is 1850 g/mol. The monoisotopic (exact) mass is 1850 g/mol. The number of methoxy groups -OCH3 is 6. The van der Waals surface area contributed by atoms with E-state index in [1.54, 1.807) is 37.3 Å². The van der Waals surface area contributed by atoms with E-state index in [2.05, 4.69) is 158 Å². The molecule has 15 rings (SSSR count). The van der Waals surface area contributed by atoms with Crippen molar-refractivity contribution in [2.75, 3.05) is 42.7 Å². The Hall–Kier alpha value is -14.4. The molecule has 27 heteroatoms. The fraction of sp³-hybridized carbons (Fsp3) is 0.243. The minimum absolute atomic E-state index is 0. The van der Waals surface area contributed by atoms with Crippen LogP contribution in [0.1, 0.15) is 105 Å².